The van der Waals surface area contributed by atoms with E-state index in [4.69, 9.17) is 4.74 Å². The maximum atomic E-state index is 12.0. The van der Waals surface area contributed by atoms with Crippen LogP contribution in [-0.2, 0) is 19.1 Å². The molecule has 5 rings (SSSR count). The summed E-state index contributed by atoms with van der Waals surface area (Å²) in [6.07, 6.45) is -0.561. The van der Waals surface area contributed by atoms with Gasteiger partial charge in [-0.15, -0.1) is 11.8 Å². The minimum atomic E-state index is -1.37. The van der Waals surface area contributed by atoms with E-state index in [1.54, 1.807) is 30.3 Å². The third kappa shape index (κ3) is 2.99. The van der Waals surface area contributed by atoms with Crippen LogP contribution < -0.4 is 10.1 Å². The van der Waals surface area contributed by atoms with Crippen molar-refractivity contribution in [1.82, 2.24) is 10.2 Å². The van der Waals surface area contributed by atoms with Gasteiger partial charge in [-0.2, -0.15) is 0 Å². The van der Waals surface area contributed by atoms with Crippen molar-refractivity contribution in [3.8, 4) is 11.5 Å². The average molecular weight is 398 g/mol. The van der Waals surface area contributed by atoms with Crippen LogP contribution in [0, 0.1) is 0 Å². The van der Waals surface area contributed by atoms with Crippen LogP contribution >= 0.6 is 11.8 Å². The molecule has 0 saturated carbocycles. The summed E-state index contributed by atoms with van der Waals surface area (Å²) in [5, 5.41) is 12.3. The number of thioether (sulfide) groups is 1. The van der Waals surface area contributed by atoms with Crippen LogP contribution in [0.15, 0.2) is 54.6 Å². The molecule has 0 radical (unpaired) electrons. The lowest BCUT2D eigenvalue weighted by Crippen LogP contribution is -2.62. The van der Waals surface area contributed by atoms with Gasteiger partial charge >= 0.3 is 5.97 Å². The van der Waals surface area contributed by atoms with E-state index in [1.807, 2.05) is 24.3 Å². The molecule has 3 aliphatic heterocycles. The molecule has 0 aromatic heterocycles. The van der Waals surface area contributed by atoms with Gasteiger partial charge in [-0.1, -0.05) is 42.5 Å². The van der Waals surface area contributed by atoms with Gasteiger partial charge in [0.2, 0.25) is 11.8 Å². The summed E-state index contributed by atoms with van der Waals surface area (Å²) in [4.78, 5) is 36.8. The molecule has 2 aromatic carbocycles. The van der Waals surface area contributed by atoms with E-state index in [0.29, 0.717) is 12.0 Å². The number of amides is 2. The van der Waals surface area contributed by atoms with Crippen LogP contribution in [0.4, 0.5) is 0 Å². The quantitative estimate of drug-likeness (QED) is 0.520. The van der Waals surface area contributed by atoms with Gasteiger partial charge in [0.25, 0.3) is 0 Å². The van der Waals surface area contributed by atoms with Crippen molar-refractivity contribution in [3.05, 3.63) is 60.2 Å². The maximum absolute atomic E-state index is 12.0. The second kappa shape index (κ2) is 6.87. The molecule has 2 N–H and O–H groups in total. The van der Waals surface area contributed by atoms with E-state index in [2.05, 4.69) is 5.32 Å². The van der Waals surface area contributed by atoms with Gasteiger partial charge in [0.1, 0.15) is 6.17 Å². The molecule has 3 atom stereocenters. The molecule has 3 heterocycles. The number of fused-ring (bicyclic) bond motifs is 2. The molecule has 8 heteroatoms. The Labute approximate surface area is 165 Å². The first-order valence-electron chi connectivity index (χ1n) is 8.75. The second-order valence-corrected chi connectivity index (χ2v) is 8.06. The fourth-order valence-electron chi connectivity index (χ4n) is 3.46. The number of nitrogens with zero attached hydrogens (tertiary/aromatic N) is 1. The molecule has 0 bridgehead atoms. The summed E-state index contributed by atoms with van der Waals surface area (Å²) in [6, 6.07) is 16.6. The number of carboxylic acid groups (broad SMARTS) is 1. The standard InChI is InChI=1S/C14H14N2O4S.C6H4O/c1-8(17)15-12-14(13(19)20,9-5-3-2-4-6-9)21-11-7-10(18)16(11)12;1-2-4-6-5(3-1)7-6/h2-6,11-12H,7H2,1H3,(H,15,17)(H,19,20);1-4H/t11-,12?,14?;/m1./s1. The number of carbonyl (C=O) groups excluding carboxylic acids is 2. The Morgan fingerprint density at radius 3 is 2.25 bits per heavy atom. The normalized spacial score (nSPS) is 25.9. The van der Waals surface area contributed by atoms with E-state index >= 15 is 0 Å². The zero-order valence-corrected chi connectivity index (χ0v) is 15.8. The Morgan fingerprint density at radius 2 is 1.75 bits per heavy atom. The zero-order valence-electron chi connectivity index (χ0n) is 15.0. The Balaban J connectivity index is 0.000000227. The minimum Gasteiger partial charge on any atom is -0.480 e. The van der Waals surface area contributed by atoms with E-state index in [-0.39, 0.29) is 17.2 Å². The van der Waals surface area contributed by atoms with Gasteiger partial charge in [0, 0.05) is 6.92 Å². The third-order valence-electron chi connectivity index (χ3n) is 4.82. The molecule has 28 heavy (non-hydrogen) atoms. The highest BCUT2D eigenvalue weighted by Crippen LogP contribution is 2.55. The lowest BCUT2D eigenvalue weighted by Gasteiger charge is -2.39. The summed E-state index contributed by atoms with van der Waals surface area (Å²) in [6.45, 7) is 1.32. The van der Waals surface area contributed by atoms with Crippen molar-refractivity contribution in [2.24, 2.45) is 0 Å². The number of carboxylic acids is 1. The molecule has 2 unspecified atom stereocenters. The number of aliphatic carboxylic acids is 1. The van der Waals surface area contributed by atoms with E-state index in [0.717, 1.165) is 11.5 Å². The van der Waals surface area contributed by atoms with Gasteiger partial charge in [-0.25, -0.2) is 0 Å². The van der Waals surface area contributed by atoms with Crippen LogP contribution in [0.5, 0.6) is 11.5 Å². The van der Waals surface area contributed by atoms with Crippen molar-refractivity contribution in [1.29, 1.82) is 0 Å². The number of nitrogens with one attached hydrogen (secondary N) is 1. The van der Waals surface area contributed by atoms with E-state index in [9.17, 15) is 19.5 Å². The first kappa shape index (κ1) is 18.4. The average Bonchev–Trinajstić information content (AvgIpc) is 3.40. The van der Waals surface area contributed by atoms with Crippen molar-refractivity contribution in [2.45, 2.75) is 29.6 Å². The summed E-state index contributed by atoms with van der Waals surface area (Å²) >= 11 is 1.21. The highest BCUT2D eigenvalue weighted by atomic mass is 32.2. The zero-order chi connectivity index (χ0) is 19.9. The van der Waals surface area contributed by atoms with Crippen LogP contribution in [0.25, 0.3) is 0 Å². The first-order chi connectivity index (χ1) is 13.4. The van der Waals surface area contributed by atoms with Crippen molar-refractivity contribution < 1.29 is 24.2 Å². The molecule has 0 spiro atoms. The SMILES string of the molecule is CC(=O)NC1N2C(=O)C[C@H]2SC1(C(=O)O)c1ccccc1.c1ccc2c(c1)O2. The monoisotopic (exact) mass is 398 g/mol. The molecular formula is C20H18N2O5S. The van der Waals surface area contributed by atoms with Gasteiger partial charge in [-0.3, -0.25) is 14.4 Å². The highest BCUT2D eigenvalue weighted by Gasteiger charge is 2.64. The van der Waals surface area contributed by atoms with Gasteiger partial charge in [0.05, 0.1) is 11.8 Å². The number of para-hydroxylation sites is 2. The molecule has 2 saturated heterocycles. The lowest BCUT2D eigenvalue weighted by molar-refractivity contribution is -0.150. The number of ether oxygens (including phenoxy) is 1. The summed E-state index contributed by atoms with van der Waals surface area (Å²) in [5.74, 6) is 0.512. The molecule has 2 fully saturated rings. The van der Waals surface area contributed by atoms with Gasteiger partial charge < -0.3 is 20.1 Å². The van der Waals surface area contributed by atoms with Gasteiger partial charge in [-0.05, 0) is 17.7 Å². The second-order valence-electron chi connectivity index (χ2n) is 6.64. The molecular weight excluding hydrogens is 380 g/mol. The van der Waals surface area contributed by atoms with Crippen molar-refractivity contribution >= 4 is 29.5 Å². The molecule has 144 valence electrons. The number of β-lactam (4-membered cyclic amide) rings is 1. The summed E-state index contributed by atoms with van der Waals surface area (Å²) < 4.78 is 3.57. The number of hydrogen-bond acceptors (Lipinski definition) is 5. The first-order valence-corrected chi connectivity index (χ1v) is 9.63. The number of carbonyl (C=O) groups is 3. The molecule has 7 nitrogen and oxygen atoms in total. The molecule has 2 aromatic rings. The molecule has 0 aliphatic carbocycles. The fourth-order valence-corrected chi connectivity index (χ4v) is 5.14. The Bertz CT molecular complexity index is 930. The lowest BCUT2D eigenvalue weighted by atomic mass is 9.92. The predicted molar refractivity (Wildman–Crippen MR) is 103 cm³/mol. The Kier molecular flexibility index (Phi) is 4.50. The fraction of sp³-hybridized carbons (Fsp3) is 0.250. The largest absolute Gasteiger partial charge is 0.480 e. The van der Waals surface area contributed by atoms with Crippen LogP contribution in [-0.4, -0.2) is 39.3 Å². The predicted octanol–water partition coefficient (Wildman–Crippen LogP) is 2.53. The summed E-state index contributed by atoms with van der Waals surface area (Å²) in [7, 11) is 0. The topological polar surface area (TPSA) is 99.2 Å². The number of hydrogen-bond donors (Lipinski definition) is 2. The molecule has 2 amide bonds. The minimum absolute atomic E-state index is 0.134. The molecule has 3 aliphatic rings. The van der Waals surface area contributed by atoms with Crippen molar-refractivity contribution in [3.63, 3.8) is 0 Å². The number of benzene rings is 2. The number of rotatable bonds is 3. The maximum Gasteiger partial charge on any atom is 0.328 e. The summed E-state index contributed by atoms with van der Waals surface area (Å²) in [5.41, 5.74) is 0.573. The van der Waals surface area contributed by atoms with Crippen LogP contribution in [0.1, 0.15) is 18.9 Å². The van der Waals surface area contributed by atoms with Crippen molar-refractivity contribution in [2.75, 3.05) is 0 Å². The Hall–Kier alpha value is -3.00. The highest BCUT2D eigenvalue weighted by molar-refractivity contribution is 8.02. The van der Waals surface area contributed by atoms with Crippen LogP contribution in [0.2, 0.25) is 0 Å². The third-order valence-corrected chi connectivity index (χ3v) is 6.49. The van der Waals surface area contributed by atoms with Gasteiger partial charge in [0.15, 0.2) is 16.2 Å². The smallest absolute Gasteiger partial charge is 0.328 e. The van der Waals surface area contributed by atoms with E-state index in [1.165, 1.54) is 23.6 Å². The van der Waals surface area contributed by atoms with E-state index < -0.39 is 16.9 Å². The van der Waals surface area contributed by atoms with Crippen LogP contribution in [0.3, 0.4) is 0 Å². The Morgan fingerprint density at radius 1 is 1.14 bits per heavy atom.